The lowest BCUT2D eigenvalue weighted by Gasteiger charge is -2.17. The lowest BCUT2D eigenvalue weighted by molar-refractivity contribution is -0.117. The van der Waals surface area contributed by atoms with Gasteiger partial charge in [0.25, 0.3) is 0 Å². The molecular weight excluding hydrogens is 329 g/mol. The SMILES string of the molecule is Cc1ccc(F)c(N2CC(c3nc(-c4cccs4)no3)CC2=O)c1. The lowest BCUT2D eigenvalue weighted by Crippen LogP contribution is -2.25. The highest BCUT2D eigenvalue weighted by Crippen LogP contribution is 2.34. The number of benzene rings is 1. The highest BCUT2D eigenvalue weighted by atomic mass is 32.1. The standard InChI is InChI=1S/C17H14FN3O2S/c1-10-4-5-12(18)13(7-10)21-9-11(8-15(21)22)17-19-16(20-23-17)14-3-2-6-24-14/h2-7,11H,8-9H2,1H3. The zero-order valence-electron chi connectivity index (χ0n) is 12.9. The molecule has 1 fully saturated rings. The van der Waals surface area contributed by atoms with E-state index in [0.29, 0.717) is 23.9 Å². The maximum Gasteiger partial charge on any atom is 0.232 e. The Morgan fingerprint density at radius 2 is 2.25 bits per heavy atom. The van der Waals surface area contributed by atoms with E-state index in [2.05, 4.69) is 10.1 Å². The number of hydrogen-bond acceptors (Lipinski definition) is 5. The van der Waals surface area contributed by atoms with Crippen molar-refractivity contribution in [3.8, 4) is 10.7 Å². The summed E-state index contributed by atoms with van der Waals surface area (Å²) >= 11 is 1.52. The van der Waals surface area contributed by atoms with Gasteiger partial charge in [-0.2, -0.15) is 4.98 Å². The van der Waals surface area contributed by atoms with Gasteiger partial charge in [0.2, 0.25) is 17.6 Å². The summed E-state index contributed by atoms with van der Waals surface area (Å²) in [7, 11) is 0. The molecule has 2 aromatic heterocycles. The van der Waals surface area contributed by atoms with E-state index in [9.17, 15) is 9.18 Å². The van der Waals surface area contributed by atoms with Crippen molar-refractivity contribution >= 4 is 22.9 Å². The molecule has 5 nitrogen and oxygen atoms in total. The first-order chi connectivity index (χ1) is 11.6. The molecule has 1 atom stereocenters. The van der Waals surface area contributed by atoms with Crippen LogP contribution in [0.4, 0.5) is 10.1 Å². The van der Waals surface area contributed by atoms with Gasteiger partial charge in [0, 0.05) is 13.0 Å². The van der Waals surface area contributed by atoms with Crippen molar-refractivity contribution in [3.63, 3.8) is 0 Å². The number of halogens is 1. The Balaban J connectivity index is 1.59. The third-order valence-corrected chi connectivity index (χ3v) is 4.92. The fraction of sp³-hybridized carbons (Fsp3) is 0.235. The van der Waals surface area contributed by atoms with Gasteiger partial charge in [-0.1, -0.05) is 17.3 Å². The molecule has 1 aromatic carbocycles. The third-order valence-electron chi connectivity index (χ3n) is 4.05. The number of anilines is 1. The van der Waals surface area contributed by atoms with Crippen LogP contribution in [0.25, 0.3) is 10.7 Å². The molecule has 0 radical (unpaired) electrons. The summed E-state index contributed by atoms with van der Waals surface area (Å²) in [6, 6.07) is 8.57. The molecule has 1 unspecified atom stereocenters. The molecule has 1 saturated heterocycles. The number of carbonyl (C=O) groups is 1. The summed E-state index contributed by atoms with van der Waals surface area (Å²) in [5.74, 6) is 0.174. The molecule has 0 N–H and O–H groups in total. The van der Waals surface area contributed by atoms with Crippen LogP contribution >= 0.6 is 11.3 Å². The van der Waals surface area contributed by atoms with Crippen LogP contribution in [-0.4, -0.2) is 22.6 Å². The van der Waals surface area contributed by atoms with Crippen LogP contribution in [0.2, 0.25) is 0 Å². The molecule has 24 heavy (non-hydrogen) atoms. The molecule has 0 aliphatic carbocycles. The van der Waals surface area contributed by atoms with Gasteiger partial charge in [0.15, 0.2) is 0 Å². The van der Waals surface area contributed by atoms with Gasteiger partial charge in [-0.15, -0.1) is 11.3 Å². The zero-order valence-corrected chi connectivity index (χ0v) is 13.7. The molecular formula is C17H14FN3O2S. The number of aromatic nitrogens is 2. The van der Waals surface area contributed by atoms with Crippen LogP contribution in [0, 0.1) is 12.7 Å². The third kappa shape index (κ3) is 2.60. The van der Waals surface area contributed by atoms with E-state index >= 15 is 0 Å². The normalized spacial score (nSPS) is 17.7. The monoisotopic (exact) mass is 343 g/mol. The van der Waals surface area contributed by atoms with Gasteiger partial charge in [-0.25, -0.2) is 4.39 Å². The fourth-order valence-corrected chi connectivity index (χ4v) is 3.49. The summed E-state index contributed by atoms with van der Waals surface area (Å²) in [5, 5.41) is 5.92. The summed E-state index contributed by atoms with van der Waals surface area (Å²) in [4.78, 5) is 19.1. The molecule has 0 spiro atoms. The van der Waals surface area contributed by atoms with Gasteiger partial charge in [-0.05, 0) is 36.1 Å². The number of nitrogens with zero attached hydrogens (tertiary/aromatic N) is 3. The second-order valence-electron chi connectivity index (χ2n) is 5.79. The minimum absolute atomic E-state index is 0.139. The summed E-state index contributed by atoms with van der Waals surface area (Å²) < 4.78 is 19.4. The Hall–Kier alpha value is -2.54. The molecule has 7 heteroatoms. The average Bonchev–Trinajstić information content (AvgIpc) is 3.28. The molecule has 0 saturated carbocycles. The van der Waals surface area contributed by atoms with Crippen LogP contribution < -0.4 is 4.90 Å². The Kier molecular flexibility index (Phi) is 3.65. The Morgan fingerprint density at radius 3 is 3.04 bits per heavy atom. The van der Waals surface area contributed by atoms with Crippen molar-refractivity contribution in [2.75, 3.05) is 11.4 Å². The summed E-state index contributed by atoms with van der Waals surface area (Å²) in [6.07, 6.45) is 0.236. The second-order valence-corrected chi connectivity index (χ2v) is 6.74. The minimum atomic E-state index is -0.403. The van der Waals surface area contributed by atoms with Crippen LogP contribution in [0.15, 0.2) is 40.2 Å². The lowest BCUT2D eigenvalue weighted by atomic mass is 10.1. The van der Waals surface area contributed by atoms with Gasteiger partial charge >= 0.3 is 0 Å². The van der Waals surface area contributed by atoms with Gasteiger partial charge in [-0.3, -0.25) is 4.79 Å². The molecule has 1 aliphatic heterocycles. The van der Waals surface area contributed by atoms with Crippen LogP contribution in [0.3, 0.4) is 0 Å². The molecule has 122 valence electrons. The smallest absolute Gasteiger partial charge is 0.232 e. The van der Waals surface area contributed by atoms with E-state index in [1.54, 1.807) is 12.1 Å². The number of carbonyl (C=O) groups excluding carboxylic acids is 1. The maximum atomic E-state index is 14.1. The van der Waals surface area contributed by atoms with Crippen LogP contribution in [0.1, 0.15) is 23.8 Å². The number of amides is 1. The summed E-state index contributed by atoms with van der Waals surface area (Å²) in [6.45, 7) is 2.21. The van der Waals surface area contributed by atoms with Crippen molar-refractivity contribution in [2.45, 2.75) is 19.3 Å². The van der Waals surface area contributed by atoms with Gasteiger partial charge < -0.3 is 9.42 Å². The largest absolute Gasteiger partial charge is 0.339 e. The van der Waals surface area contributed by atoms with E-state index in [1.807, 2.05) is 24.4 Å². The first-order valence-electron chi connectivity index (χ1n) is 7.56. The molecule has 1 amide bonds. The second kappa shape index (κ2) is 5.83. The quantitative estimate of drug-likeness (QED) is 0.726. The van der Waals surface area contributed by atoms with E-state index in [0.717, 1.165) is 10.4 Å². The number of aryl methyl sites for hydroxylation is 1. The average molecular weight is 343 g/mol. The van der Waals surface area contributed by atoms with Crippen molar-refractivity contribution in [2.24, 2.45) is 0 Å². The molecule has 0 bridgehead atoms. The predicted octanol–water partition coefficient (Wildman–Crippen LogP) is 3.77. The van der Waals surface area contributed by atoms with Crippen molar-refractivity contribution < 1.29 is 13.7 Å². The minimum Gasteiger partial charge on any atom is -0.339 e. The predicted molar refractivity (Wildman–Crippen MR) is 88.5 cm³/mol. The highest BCUT2D eigenvalue weighted by molar-refractivity contribution is 7.13. The highest BCUT2D eigenvalue weighted by Gasteiger charge is 2.36. The first-order valence-corrected chi connectivity index (χ1v) is 8.44. The molecule has 3 aromatic rings. The zero-order chi connectivity index (χ0) is 16.7. The van der Waals surface area contributed by atoms with Crippen molar-refractivity contribution in [1.29, 1.82) is 0 Å². The van der Waals surface area contributed by atoms with Gasteiger partial charge in [0.05, 0.1) is 16.5 Å². The van der Waals surface area contributed by atoms with E-state index in [1.165, 1.54) is 22.3 Å². The number of rotatable bonds is 3. The molecule has 1 aliphatic rings. The van der Waals surface area contributed by atoms with E-state index in [-0.39, 0.29) is 18.2 Å². The van der Waals surface area contributed by atoms with E-state index < -0.39 is 5.82 Å². The van der Waals surface area contributed by atoms with Crippen molar-refractivity contribution in [1.82, 2.24) is 10.1 Å². The fourth-order valence-electron chi connectivity index (χ4n) is 2.84. The van der Waals surface area contributed by atoms with Crippen LogP contribution in [-0.2, 0) is 4.79 Å². The number of thiophene rings is 1. The maximum absolute atomic E-state index is 14.1. The number of hydrogen-bond donors (Lipinski definition) is 0. The Labute approximate surface area is 141 Å². The Morgan fingerprint density at radius 1 is 1.38 bits per heavy atom. The van der Waals surface area contributed by atoms with Crippen LogP contribution in [0.5, 0.6) is 0 Å². The van der Waals surface area contributed by atoms with Gasteiger partial charge in [0.1, 0.15) is 5.82 Å². The molecule has 3 heterocycles. The van der Waals surface area contributed by atoms with E-state index in [4.69, 9.17) is 4.52 Å². The topological polar surface area (TPSA) is 59.2 Å². The summed E-state index contributed by atoms with van der Waals surface area (Å²) in [5.41, 5.74) is 1.21. The molecule has 4 rings (SSSR count). The first kappa shape index (κ1) is 15.0. The Bertz CT molecular complexity index is 891. The van der Waals surface area contributed by atoms with Crippen molar-refractivity contribution in [3.05, 3.63) is 53.0 Å².